The predicted octanol–water partition coefficient (Wildman–Crippen LogP) is -0.173. The van der Waals surface area contributed by atoms with Gasteiger partial charge < -0.3 is 15.9 Å². The van der Waals surface area contributed by atoms with Gasteiger partial charge in [-0.05, 0) is 5.92 Å². The Morgan fingerprint density at radius 1 is 1.50 bits per heavy atom. The molecule has 0 aliphatic heterocycles. The molecule has 0 rings (SSSR count). The van der Waals surface area contributed by atoms with Crippen molar-refractivity contribution in [2.45, 2.75) is 20.3 Å². The molecule has 0 aliphatic rings. The van der Waals surface area contributed by atoms with E-state index in [0.29, 0.717) is 0 Å². The van der Waals surface area contributed by atoms with Crippen molar-refractivity contribution >= 4 is 12.4 Å². The molecule has 0 aliphatic carbocycles. The van der Waals surface area contributed by atoms with Crippen molar-refractivity contribution in [1.29, 1.82) is 0 Å². The quantitative estimate of drug-likeness (QED) is 0.512. The summed E-state index contributed by atoms with van der Waals surface area (Å²) in [5.74, 6) is -0.438. The van der Waals surface area contributed by atoms with Gasteiger partial charge in [0.15, 0.2) is 0 Å². The second-order valence-electron chi connectivity index (χ2n) is 2.13. The molecule has 0 atom stereocenters. The van der Waals surface area contributed by atoms with Gasteiger partial charge in [0.1, 0.15) is 0 Å². The second kappa shape index (κ2) is 16.5. The summed E-state index contributed by atoms with van der Waals surface area (Å²) in [7, 11) is 1.00. The zero-order valence-corrected chi connectivity index (χ0v) is 7.65. The highest BCUT2D eigenvalue weighted by molar-refractivity contribution is 5.66. The SMILES string of the molecule is CC(C)CC(=O)O.CO.NC=O. The molecular formula is C7H17NO4. The van der Waals surface area contributed by atoms with Gasteiger partial charge in [0.25, 0.3) is 0 Å². The Labute approximate surface area is 72.2 Å². The number of carboxylic acid groups (broad SMARTS) is 1. The number of hydrogen-bond donors (Lipinski definition) is 3. The molecule has 12 heavy (non-hydrogen) atoms. The molecular weight excluding hydrogens is 162 g/mol. The lowest BCUT2D eigenvalue weighted by molar-refractivity contribution is -0.137. The third kappa shape index (κ3) is 66.0. The number of aliphatic hydroxyl groups is 1. The third-order valence-electron chi connectivity index (χ3n) is 0.583. The van der Waals surface area contributed by atoms with Crippen molar-refractivity contribution in [3.63, 3.8) is 0 Å². The molecule has 0 unspecified atom stereocenters. The summed E-state index contributed by atoms with van der Waals surface area (Å²) in [6.07, 6.45) is 0.528. The van der Waals surface area contributed by atoms with E-state index in [1.165, 1.54) is 0 Å². The summed E-state index contributed by atoms with van der Waals surface area (Å²) < 4.78 is 0. The summed E-state index contributed by atoms with van der Waals surface area (Å²) in [5.41, 5.74) is 4.17. The van der Waals surface area contributed by atoms with Crippen molar-refractivity contribution in [1.82, 2.24) is 0 Å². The number of rotatable bonds is 2. The van der Waals surface area contributed by atoms with Gasteiger partial charge in [-0.3, -0.25) is 9.59 Å². The molecule has 0 saturated heterocycles. The van der Waals surface area contributed by atoms with Crippen LogP contribution in [0.15, 0.2) is 0 Å². The number of carbonyl (C=O) groups is 2. The normalized spacial score (nSPS) is 7.08. The standard InChI is InChI=1S/C5H10O2.CH3NO.CH4O/c1-4(2)3-5(6)7;2-1-3;1-2/h4H,3H2,1-2H3,(H,6,7);1H,(H2,2,3);2H,1H3. The van der Waals surface area contributed by atoms with Gasteiger partial charge in [0.2, 0.25) is 6.41 Å². The zero-order chi connectivity index (χ0) is 10.6. The number of amides is 1. The molecule has 0 aromatic heterocycles. The van der Waals surface area contributed by atoms with E-state index in [1.807, 2.05) is 13.8 Å². The Kier molecular flexibility index (Phi) is 23.5. The van der Waals surface area contributed by atoms with Crippen molar-refractivity contribution in [3.8, 4) is 0 Å². The summed E-state index contributed by atoms with van der Waals surface area (Å²) in [6.45, 7) is 3.77. The van der Waals surface area contributed by atoms with E-state index in [-0.39, 0.29) is 18.7 Å². The van der Waals surface area contributed by atoms with Crippen LogP contribution >= 0.6 is 0 Å². The van der Waals surface area contributed by atoms with Gasteiger partial charge in [-0.15, -0.1) is 0 Å². The van der Waals surface area contributed by atoms with Crippen LogP contribution in [0.2, 0.25) is 0 Å². The van der Waals surface area contributed by atoms with Gasteiger partial charge in [0, 0.05) is 13.5 Å². The monoisotopic (exact) mass is 179 g/mol. The Balaban J connectivity index is -0.000000137. The first-order valence-electron chi connectivity index (χ1n) is 3.36. The topological polar surface area (TPSA) is 101 Å². The van der Waals surface area contributed by atoms with E-state index in [9.17, 15) is 4.79 Å². The van der Waals surface area contributed by atoms with E-state index in [2.05, 4.69) is 5.73 Å². The predicted molar refractivity (Wildman–Crippen MR) is 45.5 cm³/mol. The minimum Gasteiger partial charge on any atom is -0.481 e. The van der Waals surface area contributed by atoms with Crippen LogP contribution in [0.4, 0.5) is 0 Å². The highest BCUT2D eigenvalue weighted by atomic mass is 16.4. The fraction of sp³-hybridized carbons (Fsp3) is 0.714. The van der Waals surface area contributed by atoms with Crippen LogP contribution in [0, 0.1) is 5.92 Å². The summed E-state index contributed by atoms with van der Waals surface area (Å²) in [6, 6.07) is 0. The van der Waals surface area contributed by atoms with E-state index < -0.39 is 5.97 Å². The van der Waals surface area contributed by atoms with Gasteiger partial charge in [-0.1, -0.05) is 13.8 Å². The number of aliphatic hydroxyl groups excluding tert-OH is 1. The molecule has 0 radical (unpaired) electrons. The van der Waals surface area contributed by atoms with Crippen molar-refractivity contribution in [2.75, 3.05) is 7.11 Å². The first-order valence-corrected chi connectivity index (χ1v) is 3.36. The average Bonchev–Trinajstić information content (AvgIpc) is 1.90. The van der Waals surface area contributed by atoms with Crippen LogP contribution < -0.4 is 5.73 Å². The second-order valence-corrected chi connectivity index (χ2v) is 2.13. The van der Waals surface area contributed by atoms with E-state index in [4.69, 9.17) is 15.0 Å². The third-order valence-corrected chi connectivity index (χ3v) is 0.583. The Hall–Kier alpha value is -1.10. The molecule has 4 N–H and O–H groups in total. The molecule has 0 heterocycles. The highest BCUT2D eigenvalue weighted by Gasteiger charge is 1.98. The molecule has 1 amide bonds. The van der Waals surface area contributed by atoms with Gasteiger partial charge in [-0.25, -0.2) is 0 Å². The van der Waals surface area contributed by atoms with E-state index in [1.54, 1.807) is 0 Å². The van der Waals surface area contributed by atoms with Crippen LogP contribution in [0.1, 0.15) is 20.3 Å². The van der Waals surface area contributed by atoms with Crippen LogP contribution in [0.5, 0.6) is 0 Å². The van der Waals surface area contributed by atoms with Crippen molar-refractivity contribution < 1.29 is 19.8 Å². The van der Waals surface area contributed by atoms with Gasteiger partial charge in [0.05, 0.1) is 0 Å². The molecule has 5 heteroatoms. The average molecular weight is 179 g/mol. The minimum absolute atomic E-state index is 0.250. The number of primary amides is 1. The maximum Gasteiger partial charge on any atom is 0.303 e. The number of aliphatic carboxylic acids is 1. The van der Waals surface area contributed by atoms with Crippen LogP contribution in [0.3, 0.4) is 0 Å². The van der Waals surface area contributed by atoms with Gasteiger partial charge >= 0.3 is 5.97 Å². The molecule has 0 aromatic rings. The fourth-order valence-electron chi connectivity index (χ4n) is 0.349. The maximum absolute atomic E-state index is 9.81. The largest absolute Gasteiger partial charge is 0.481 e. The molecule has 0 saturated carbocycles. The van der Waals surface area contributed by atoms with E-state index >= 15 is 0 Å². The lowest BCUT2D eigenvalue weighted by atomic mass is 10.1. The van der Waals surface area contributed by atoms with Crippen LogP contribution in [0.25, 0.3) is 0 Å². The Morgan fingerprint density at radius 2 is 1.75 bits per heavy atom. The van der Waals surface area contributed by atoms with E-state index in [0.717, 1.165) is 7.11 Å². The number of carbonyl (C=O) groups excluding carboxylic acids is 1. The molecule has 0 spiro atoms. The zero-order valence-electron chi connectivity index (χ0n) is 7.65. The summed E-state index contributed by atoms with van der Waals surface area (Å²) in [5, 5.41) is 15.1. The molecule has 0 aromatic carbocycles. The number of carboxylic acids is 1. The minimum atomic E-state index is -0.713. The highest BCUT2D eigenvalue weighted by Crippen LogP contribution is 1.96. The van der Waals surface area contributed by atoms with Crippen molar-refractivity contribution in [2.24, 2.45) is 11.7 Å². The first-order chi connectivity index (χ1) is 5.54. The fourth-order valence-corrected chi connectivity index (χ4v) is 0.349. The lowest BCUT2D eigenvalue weighted by Crippen LogP contribution is -1.99. The smallest absolute Gasteiger partial charge is 0.303 e. The lowest BCUT2D eigenvalue weighted by Gasteiger charge is -1.94. The molecule has 74 valence electrons. The first kappa shape index (κ1) is 17.1. The number of hydrogen-bond acceptors (Lipinski definition) is 3. The Morgan fingerprint density at radius 3 is 1.75 bits per heavy atom. The van der Waals surface area contributed by atoms with Crippen molar-refractivity contribution in [3.05, 3.63) is 0 Å². The summed E-state index contributed by atoms with van der Waals surface area (Å²) >= 11 is 0. The maximum atomic E-state index is 9.81. The molecule has 5 nitrogen and oxygen atoms in total. The van der Waals surface area contributed by atoms with Crippen LogP contribution in [-0.2, 0) is 9.59 Å². The molecule has 0 fully saturated rings. The Bertz CT molecular complexity index is 104. The number of nitrogens with two attached hydrogens (primary N) is 1. The van der Waals surface area contributed by atoms with Crippen LogP contribution in [-0.4, -0.2) is 29.7 Å². The molecule has 0 bridgehead atoms. The van der Waals surface area contributed by atoms with Gasteiger partial charge in [-0.2, -0.15) is 0 Å². The summed E-state index contributed by atoms with van der Waals surface area (Å²) in [4.78, 5) is 18.4.